The highest BCUT2D eigenvalue weighted by Crippen LogP contribution is 2.47. The SMILES string of the molecule is BC(Nc1cc(Cl)c2ncc(C#N)c(NCC(C)(C)C)c2c1)(C1=CN(C2(C(F)F)CC2)NN1)c1cccnc1C. The van der Waals surface area contributed by atoms with E-state index in [0.717, 1.165) is 11.3 Å². The van der Waals surface area contributed by atoms with Gasteiger partial charge in [-0.25, -0.2) is 8.78 Å². The Balaban J connectivity index is 1.61. The van der Waals surface area contributed by atoms with Crippen LogP contribution in [0, 0.1) is 23.7 Å². The maximum Gasteiger partial charge on any atom is 0.262 e. The Bertz CT molecular complexity index is 1530. The van der Waals surface area contributed by atoms with E-state index in [1.165, 1.54) is 11.2 Å². The molecule has 0 amide bonds. The van der Waals surface area contributed by atoms with E-state index in [-0.39, 0.29) is 5.41 Å². The topological polar surface area (TPSA) is 101 Å². The maximum absolute atomic E-state index is 13.9. The summed E-state index contributed by atoms with van der Waals surface area (Å²) in [5.74, 6) is 0. The number of rotatable bonds is 8. The number of nitriles is 1. The third kappa shape index (κ3) is 5.02. The van der Waals surface area contributed by atoms with E-state index in [1.807, 2.05) is 33.0 Å². The van der Waals surface area contributed by atoms with Crippen molar-refractivity contribution in [3.05, 3.63) is 70.4 Å². The third-order valence-corrected chi connectivity index (χ3v) is 7.82. The van der Waals surface area contributed by atoms with Crippen molar-refractivity contribution >= 4 is 41.7 Å². The molecule has 0 saturated heterocycles. The number of halogens is 3. The van der Waals surface area contributed by atoms with Crippen molar-refractivity contribution in [2.75, 3.05) is 17.2 Å². The van der Waals surface area contributed by atoms with E-state index < -0.39 is 17.4 Å². The van der Waals surface area contributed by atoms with Gasteiger partial charge in [-0.1, -0.05) is 38.4 Å². The van der Waals surface area contributed by atoms with Crippen LogP contribution < -0.4 is 21.6 Å². The molecular formula is C28H32BClF2N8. The van der Waals surface area contributed by atoms with Crippen LogP contribution in [-0.2, 0) is 5.44 Å². The molecule has 1 unspecified atom stereocenters. The van der Waals surface area contributed by atoms with Crippen LogP contribution in [0.3, 0.4) is 0 Å². The summed E-state index contributed by atoms with van der Waals surface area (Å²) in [6, 6.07) is 9.72. The molecule has 1 fully saturated rings. The van der Waals surface area contributed by atoms with E-state index in [4.69, 9.17) is 11.6 Å². The van der Waals surface area contributed by atoms with E-state index in [1.54, 1.807) is 18.5 Å². The van der Waals surface area contributed by atoms with Crippen molar-refractivity contribution in [1.29, 1.82) is 5.26 Å². The molecule has 1 aliphatic heterocycles. The van der Waals surface area contributed by atoms with Crippen molar-refractivity contribution in [3.63, 3.8) is 0 Å². The first-order valence-electron chi connectivity index (χ1n) is 13.2. The van der Waals surface area contributed by atoms with E-state index >= 15 is 0 Å². The minimum atomic E-state index is -2.49. The highest BCUT2D eigenvalue weighted by Gasteiger charge is 2.57. The maximum atomic E-state index is 13.9. The minimum Gasteiger partial charge on any atom is -0.383 e. The molecule has 1 saturated carbocycles. The zero-order valence-electron chi connectivity index (χ0n) is 23.2. The molecule has 2 aliphatic rings. The van der Waals surface area contributed by atoms with Gasteiger partial charge in [-0.15, -0.1) is 5.53 Å². The summed E-state index contributed by atoms with van der Waals surface area (Å²) in [7, 11) is 1.96. The van der Waals surface area contributed by atoms with Gasteiger partial charge >= 0.3 is 0 Å². The second-order valence-corrected chi connectivity index (χ2v) is 12.3. The zero-order chi connectivity index (χ0) is 28.9. The Labute approximate surface area is 238 Å². The predicted molar refractivity (Wildman–Crippen MR) is 156 cm³/mol. The van der Waals surface area contributed by atoms with Crippen LogP contribution in [0.5, 0.6) is 0 Å². The molecule has 5 rings (SSSR count). The number of hydrazine groups is 2. The highest BCUT2D eigenvalue weighted by molar-refractivity contribution is 6.36. The average Bonchev–Trinajstić information content (AvgIpc) is 3.56. The molecule has 0 bridgehead atoms. The number of fused-ring (bicyclic) bond motifs is 1. The molecule has 0 radical (unpaired) electrons. The van der Waals surface area contributed by atoms with Crippen molar-refractivity contribution in [1.82, 2.24) is 25.9 Å². The number of nitrogens with one attached hydrogen (secondary N) is 4. The average molecular weight is 565 g/mol. The van der Waals surface area contributed by atoms with Gasteiger partial charge in [0.2, 0.25) is 0 Å². The molecule has 0 spiro atoms. The Morgan fingerprint density at radius 2 is 2.02 bits per heavy atom. The standard InChI is InChI=1S/C28H32BClF2N8/c1-16-20(6-5-9-34-16)28(29,22-14-40(39-38-22)27(7-8-27)25(31)32)37-18-10-19-23(36-15-26(2,3)4)17(12-33)13-35-24(19)21(30)11-18/h5-6,9-11,13-14,25,37-39H,7-8,15,29H2,1-4H3,(H,35,36). The summed E-state index contributed by atoms with van der Waals surface area (Å²) in [6.45, 7) is 8.86. The molecule has 40 heavy (non-hydrogen) atoms. The summed E-state index contributed by atoms with van der Waals surface area (Å²) in [5, 5.41) is 19.4. The summed E-state index contributed by atoms with van der Waals surface area (Å²) >= 11 is 6.75. The molecule has 1 aromatic carbocycles. The minimum absolute atomic E-state index is 0.0327. The van der Waals surface area contributed by atoms with Crippen LogP contribution in [0.1, 0.15) is 50.4 Å². The van der Waals surface area contributed by atoms with Gasteiger partial charge in [-0.2, -0.15) is 5.26 Å². The normalized spacial score (nSPS) is 17.7. The lowest BCUT2D eigenvalue weighted by Crippen LogP contribution is -2.50. The van der Waals surface area contributed by atoms with Crippen LogP contribution >= 0.6 is 11.6 Å². The summed E-state index contributed by atoms with van der Waals surface area (Å²) in [6.07, 6.45) is 3.26. The number of aromatic nitrogens is 2. The molecule has 8 nitrogen and oxygen atoms in total. The fourth-order valence-electron chi connectivity index (χ4n) is 5.04. The first kappa shape index (κ1) is 27.9. The summed E-state index contributed by atoms with van der Waals surface area (Å²) < 4.78 is 27.8. The first-order chi connectivity index (χ1) is 18.9. The molecule has 1 aliphatic carbocycles. The third-order valence-electron chi connectivity index (χ3n) is 7.54. The zero-order valence-corrected chi connectivity index (χ0v) is 23.9. The molecule has 3 aromatic rings. The van der Waals surface area contributed by atoms with Crippen molar-refractivity contribution in [2.24, 2.45) is 5.41 Å². The fraction of sp³-hybridized carbons (Fsp3) is 0.393. The van der Waals surface area contributed by atoms with Gasteiger partial charge in [0.15, 0.2) is 0 Å². The molecule has 208 valence electrons. The van der Waals surface area contributed by atoms with Gasteiger partial charge in [-0.05, 0) is 48.9 Å². The highest BCUT2D eigenvalue weighted by atomic mass is 35.5. The number of nitrogens with zero attached hydrogens (tertiary/aromatic N) is 4. The Hall–Kier alpha value is -3.62. The molecule has 4 N–H and O–H groups in total. The Morgan fingerprint density at radius 1 is 1.27 bits per heavy atom. The van der Waals surface area contributed by atoms with Gasteiger partial charge in [-0.3, -0.25) is 15.0 Å². The monoisotopic (exact) mass is 564 g/mol. The summed E-state index contributed by atoms with van der Waals surface area (Å²) in [4.78, 5) is 8.95. The molecular weight excluding hydrogens is 533 g/mol. The van der Waals surface area contributed by atoms with Crippen molar-refractivity contribution in [2.45, 2.75) is 57.9 Å². The lowest BCUT2D eigenvalue weighted by molar-refractivity contribution is 0.00910. The second kappa shape index (κ2) is 10.1. The largest absolute Gasteiger partial charge is 0.383 e. The van der Waals surface area contributed by atoms with Gasteiger partial charge in [0.1, 0.15) is 19.5 Å². The number of alkyl halides is 2. The number of aryl methyl sites for hydroxylation is 1. The van der Waals surface area contributed by atoms with E-state index in [0.29, 0.717) is 57.9 Å². The fourth-order valence-corrected chi connectivity index (χ4v) is 5.31. The first-order valence-corrected chi connectivity index (χ1v) is 13.5. The number of hydrogen-bond donors (Lipinski definition) is 4. The van der Waals surface area contributed by atoms with Crippen molar-refractivity contribution < 1.29 is 8.78 Å². The van der Waals surface area contributed by atoms with Crippen LogP contribution in [0.2, 0.25) is 5.02 Å². The van der Waals surface area contributed by atoms with Crippen LogP contribution in [-0.4, -0.2) is 41.3 Å². The number of anilines is 2. The van der Waals surface area contributed by atoms with Gasteiger partial charge in [0.05, 0.1) is 32.9 Å². The molecule has 2 aromatic heterocycles. The molecule has 3 heterocycles. The van der Waals surface area contributed by atoms with Crippen LogP contribution in [0.15, 0.2) is 48.6 Å². The molecule has 1 atom stereocenters. The quantitative estimate of drug-likeness (QED) is 0.290. The lowest BCUT2D eigenvalue weighted by atomic mass is 9.69. The van der Waals surface area contributed by atoms with Gasteiger partial charge < -0.3 is 16.1 Å². The second-order valence-electron chi connectivity index (χ2n) is 11.9. The van der Waals surface area contributed by atoms with Gasteiger partial charge in [0, 0.05) is 41.9 Å². The predicted octanol–water partition coefficient (Wildman–Crippen LogP) is 4.78. The van der Waals surface area contributed by atoms with Crippen LogP contribution in [0.25, 0.3) is 10.9 Å². The number of hydrogen-bond acceptors (Lipinski definition) is 8. The Kier molecular flexibility index (Phi) is 7.05. The lowest BCUT2D eigenvalue weighted by Gasteiger charge is -2.34. The van der Waals surface area contributed by atoms with Gasteiger partial charge in [0.25, 0.3) is 6.43 Å². The number of pyridine rings is 2. The van der Waals surface area contributed by atoms with E-state index in [2.05, 4.69) is 58.4 Å². The Morgan fingerprint density at radius 3 is 2.65 bits per heavy atom. The van der Waals surface area contributed by atoms with E-state index in [9.17, 15) is 14.0 Å². The summed E-state index contributed by atoms with van der Waals surface area (Å²) in [5.41, 5.74) is 8.46. The molecule has 12 heteroatoms. The smallest absolute Gasteiger partial charge is 0.262 e. The van der Waals surface area contributed by atoms with Crippen LogP contribution in [0.4, 0.5) is 20.2 Å². The number of benzene rings is 1. The van der Waals surface area contributed by atoms with Crippen molar-refractivity contribution in [3.8, 4) is 6.07 Å².